The summed E-state index contributed by atoms with van der Waals surface area (Å²) in [5, 5.41) is 8.45. The molecule has 7 nitrogen and oxygen atoms in total. The van der Waals surface area contributed by atoms with Crippen LogP contribution in [0.25, 0.3) is 0 Å². The van der Waals surface area contributed by atoms with Crippen molar-refractivity contribution in [2.24, 2.45) is 0 Å². The molecule has 2 saturated heterocycles. The summed E-state index contributed by atoms with van der Waals surface area (Å²) in [6.07, 6.45) is 1.78. The van der Waals surface area contributed by atoms with Crippen LogP contribution in [0.1, 0.15) is 19.3 Å². The first-order valence-corrected chi connectivity index (χ1v) is 8.51. The third-order valence-corrected chi connectivity index (χ3v) is 6.25. The second-order valence-electron chi connectivity index (χ2n) is 5.28. The van der Waals surface area contributed by atoms with Crippen LogP contribution in [0, 0.1) is 0 Å². The Hall–Kier alpha value is -0.700. The number of nitrogens with zero attached hydrogens (tertiary/aromatic N) is 2. The van der Waals surface area contributed by atoms with E-state index in [0.29, 0.717) is 58.7 Å². The van der Waals surface area contributed by atoms with Gasteiger partial charge in [0.15, 0.2) is 0 Å². The smallest absolute Gasteiger partial charge is 0.317 e. The summed E-state index contributed by atoms with van der Waals surface area (Å²) in [6.45, 7) is 2.96. The molecule has 2 fully saturated rings. The number of carboxylic acids is 1. The number of hydrogen-bond acceptors (Lipinski definition) is 5. The van der Waals surface area contributed by atoms with Crippen molar-refractivity contribution in [3.05, 3.63) is 0 Å². The summed E-state index contributed by atoms with van der Waals surface area (Å²) >= 11 is 0. The van der Waals surface area contributed by atoms with Crippen LogP contribution in [0.4, 0.5) is 0 Å². The molecule has 2 heterocycles. The Balaban J connectivity index is 1.96. The van der Waals surface area contributed by atoms with Crippen molar-refractivity contribution in [3.8, 4) is 0 Å². The van der Waals surface area contributed by atoms with Crippen LogP contribution in [0.3, 0.4) is 0 Å². The maximum Gasteiger partial charge on any atom is 0.317 e. The average molecular weight is 306 g/mol. The van der Waals surface area contributed by atoms with E-state index in [4.69, 9.17) is 9.84 Å². The Labute approximate surface area is 119 Å². The summed E-state index contributed by atoms with van der Waals surface area (Å²) in [5.74, 6) is -0.870. The molecule has 0 unspecified atom stereocenters. The van der Waals surface area contributed by atoms with E-state index in [9.17, 15) is 13.2 Å². The molecule has 0 aromatic carbocycles. The molecule has 2 rings (SSSR count). The highest BCUT2D eigenvalue weighted by Crippen LogP contribution is 2.21. The number of rotatable bonds is 4. The van der Waals surface area contributed by atoms with Gasteiger partial charge in [0.1, 0.15) is 0 Å². The van der Waals surface area contributed by atoms with Gasteiger partial charge in [0, 0.05) is 39.4 Å². The highest BCUT2D eigenvalue weighted by molar-refractivity contribution is 7.89. The second kappa shape index (κ2) is 6.84. The first-order valence-electron chi connectivity index (χ1n) is 7.01. The third-order valence-electron chi connectivity index (χ3n) is 3.86. The highest BCUT2D eigenvalue weighted by Gasteiger charge is 2.34. The Bertz CT molecular complexity index is 433. The van der Waals surface area contributed by atoms with Gasteiger partial charge in [-0.2, -0.15) is 0 Å². The zero-order chi connectivity index (χ0) is 14.6. The minimum Gasteiger partial charge on any atom is -0.480 e. The van der Waals surface area contributed by atoms with Crippen molar-refractivity contribution in [3.63, 3.8) is 0 Å². The summed E-state index contributed by atoms with van der Waals surface area (Å²) in [6, 6.07) is 0. The quantitative estimate of drug-likeness (QED) is 0.759. The van der Waals surface area contributed by atoms with Gasteiger partial charge >= 0.3 is 5.97 Å². The largest absolute Gasteiger partial charge is 0.480 e. The molecule has 20 heavy (non-hydrogen) atoms. The summed E-state index contributed by atoms with van der Waals surface area (Å²) < 4.78 is 31.9. The van der Waals surface area contributed by atoms with E-state index in [1.165, 1.54) is 4.31 Å². The molecule has 0 spiro atoms. The molecular formula is C12H22N2O5S. The number of carbonyl (C=O) groups is 1. The molecule has 0 bridgehead atoms. The first-order chi connectivity index (χ1) is 9.50. The minimum atomic E-state index is -3.28. The maximum atomic E-state index is 12.6. The average Bonchev–Trinajstić information content (AvgIpc) is 2.65. The van der Waals surface area contributed by atoms with E-state index in [-0.39, 0.29) is 11.8 Å². The molecule has 0 aliphatic carbocycles. The molecule has 0 atom stereocenters. The predicted molar refractivity (Wildman–Crippen MR) is 73.0 cm³/mol. The number of ether oxygens (including phenoxy) is 1. The van der Waals surface area contributed by atoms with Crippen LogP contribution >= 0.6 is 0 Å². The second-order valence-corrected chi connectivity index (χ2v) is 7.49. The van der Waals surface area contributed by atoms with Gasteiger partial charge in [-0.1, -0.05) is 0 Å². The van der Waals surface area contributed by atoms with Gasteiger partial charge < -0.3 is 9.84 Å². The van der Waals surface area contributed by atoms with E-state index in [0.717, 1.165) is 0 Å². The number of hydrogen-bond donors (Lipinski definition) is 1. The van der Waals surface area contributed by atoms with Gasteiger partial charge in [-0.15, -0.1) is 0 Å². The van der Waals surface area contributed by atoms with E-state index in [2.05, 4.69) is 0 Å². The molecule has 0 radical (unpaired) electrons. The van der Waals surface area contributed by atoms with Crippen LogP contribution in [-0.2, 0) is 19.6 Å². The lowest BCUT2D eigenvalue weighted by Gasteiger charge is -2.28. The van der Waals surface area contributed by atoms with Gasteiger partial charge in [-0.25, -0.2) is 12.7 Å². The Morgan fingerprint density at radius 3 is 2.50 bits per heavy atom. The summed E-state index contributed by atoms with van der Waals surface area (Å²) in [5.41, 5.74) is 0. The van der Waals surface area contributed by atoms with Crippen LogP contribution in [-0.4, -0.2) is 79.9 Å². The zero-order valence-electron chi connectivity index (χ0n) is 11.5. The predicted octanol–water partition coefficient (Wildman–Crippen LogP) is -0.412. The number of sulfonamides is 1. The van der Waals surface area contributed by atoms with Crippen molar-refractivity contribution >= 4 is 16.0 Å². The molecule has 0 aromatic heterocycles. The lowest BCUT2D eigenvalue weighted by molar-refractivity contribution is -0.138. The van der Waals surface area contributed by atoms with Crippen LogP contribution in [0.5, 0.6) is 0 Å². The van der Waals surface area contributed by atoms with Gasteiger partial charge in [-0.3, -0.25) is 9.69 Å². The van der Waals surface area contributed by atoms with Crippen LogP contribution in [0.2, 0.25) is 0 Å². The van der Waals surface area contributed by atoms with Crippen molar-refractivity contribution < 1.29 is 23.1 Å². The Kier molecular flexibility index (Phi) is 5.36. The van der Waals surface area contributed by atoms with Crippen molar-refractivity contribution in [1.82, 2.24) is 9.21 Å². The zero-order valence-corrected chi connectivity index (χ0v) is 12.3. The molecule has 0 aromatic rings. The molecule has 1 N–H and O–H groups in total. The Morgan fingerprint density at radius 2 is 1.85 bits per heavy atom. The van der Waals surface area contributed by atoms with Gasteiger partial charge in [0.2, 0.25) is 10.0 Å². The third kappa shape index (κ3) is 3.91. The fourth-order valence-electron chi connectivity index (χ4n) is 2.74. The molecule has 0 amide bonds. The van der Waals surface area contributed by atoms with Crippen molar-refractivity contribution in [1.29, 1.82) is 0 Å². The first kappa shape index (κ1) is 15.7. The molecule has 116 valence electrons. The Morgan fingerprint density at radius 1 is 1.15 bits per heavy atom. The number of aliphatic carboxylic acids is 1. The lowest BCUT2D eigenvalue weighted by atomic mass is 10.2. The summed E-state index contributed by atoms with van der Waals surface area (Å²) in [7, 11) is -3.28. The van der Waals surface area contributed by atoms with Crippen molar-refractivity contribution in [2.75, 3.05) is 45.9 Å². The van der Waals surface area contributed by atoms with E-state index >= 15 is 0 Å². The van der Waals surface area contributed by atoms with E-state index < -0.39 is 16.0 Å². The van der Waals surface area contributed by atoms with Gasteiger partial charge in [-0.05, 0) is 19.3 Å². The van der Waals surface area contributed by atoms with E-state index in [1.807, 2.05) is 0 Å². The minimum absolute atomic E-state index is 0.0227. The van der Waals surface area contributed by atoms with E-state index in [1.54, 1.807) is 4.90 Å². The lowest BCUT2D eigenvalue weighted by Crippen LogP contribution is -2.43. The standard InChI is InChI=1S/C12H22N2O5S/c15-12(16)10-13-4-1-5-14(7-6-13)20(17,18)11-2-8-19-9-3-11/h11H,1-10H2,(H,15,16). The fourth-order valence-corrected chi connectivity index (χ4v) is 4.67. The summed E-state index contributed by atoms with van der Waals surface area (Å²) in [4.78, 5) is 12.5. The van der Waals surface area contributed by atoms with Crippen LogP contribution < -0.4 is 0 Å². The molecule has 2 aliphatic rings. The molecule has 2 aliphatic heterocycles. The van der Waals surface area contributed by atoms with Crippen LogP contribution in [0.15, 0.2) is 0 Å². The van der Waals surface area contributed by atoms with Gasteiger partial charge in [0.05, 0.1) is 11.8 Å². The molecule has 8 heteroatoms. The molecular weight excluding hydrogens is 284 g/mol. The normalized spacial score (nSPS) is 24.4. The topological polar surface area (TPSA) is 87.2 Å². The highest BCUT2D eigenvalue weighted by atomic mass is 32.2. The molecule has 0 saturated carbocycles. The van der Waals surface area contributed by atoms with Crippen molar-refractivity contribution in [2.45, 2.75) is 24.5 Å². The number of carboxylic acid groups (broad SMARTS) is 1. The maximum absolute atomic E-state index is 12.6. The van der Waals surface area contributed by atoms with Gasteiger partial charge in [0.25, 0.3) is 0 Å². The monoisotopic (exact) mass is 306 g/mol. The fraction of sp³-hybridized carbons (Fsp3) is 0.917. The SMILES string of the molecule is O=C(O)CN1CCCN(S(=O)(=O)C2CCOCC2)CC1.